The molecule has 0 aromatic rings. The molecular formula is C16H34. The highest BCUT2D eigenvalue weighted by Gasteiger charge is 2.46. The van der Waals surface area contributed by atoms with E-state index < -0.39 is 0 Å². The Bertz CT molecular complexity index is 168. The average Bonchev–Trinajstić information content (AvgIpc) is 2.16. The fraction of sp³-hybridized carbons (Fsp3) is 1.00. The van der Waals surface area contributed by atoms with Crippen LogP contribution in [0.2, 0.25) is 0 Å². The lowest BCUT2D eigenvalue weighted by atomic mass is 9.52. The zero-order valence-corrected chi connectivity index (χ0v) is 12.8. The summed E-state index contributed by atoms with van der Waals surface area (Å²) in [5, 5.41) is 0. The van der Waals surface area contributed by atoms with Crippen LogP contribution in [0.4, 0.5) is 0 Å². The van der Waals surface area contributed by atoms with Gasteiger partial charge in [-0.25, -0.2) is 0 Å². The van der Waals surface area contributed by atoms with Crippen LogP contribution in [0.1, 0.15) is 80.6 Å². The SMILES string of the molecule is CC.CC(C)C.CC1CCCC2(C)CCC12. The molecule has 0 aromatic carbocycles. The van der Waals surface area contributed by atoms with Gasteiger partial charge in [0, 0.05) is 0 Å². The second-order valence-electron chi connectivity index (χ2n) is 6.40. The van der Waals surface area contributed by atoms with Crippen LogP contribution in [-0.2, 0) is 0 Å². The standard InChI is InChI=1S/C10H18.C4H10.C2H6/c1-8-4-3-6-10(2)7-5-9(8)10;1-4(2)3;1-2/h8-9H,3-7H2,1-2H3;4H,1-3H3;1-2H3. The van der Waals surface area contributed by atoms with E-state index in [0.717, 1.165) is 23.2 Å². The lowest BCUT2D eigenvalue weighted by molar-refractivity contribution is -0.0332. The minimum atomic E-state index is 0.789. The average molecular weight is 226 g/mol. The monoisotopic (exact) mass is 226 g/mol. The Kier molecular flexibility index (Phi) is 7.35. The molecule has 2 rings (SSSR count). The molecule has 0 nitrogen and oxygen atoms in total. The first-order valence-electron chi connectivity index (χ1n) is 7.46. The molecule has 0 aromatic heterocycles. The van der Waals surface area contributed by atoms with E-state index in [0.29, 0.717) is 0 Å². The summed E-state index contributed by atoms with van der Waals surface area (Å²) in [6, 6.07) is 0. The van der Waals surface area contributed by atoms with Gasteiger partial charge in [0.05, 0.1) is 0 Å². The van der Waals surface area contributed by atoms with Crippen molar-refractivity contribution >= 4 is 0 Å². The molecule has 3 atom stereocenters. The molecule has 2 aliphatic carbocycles. The van der Waals surface area contributed by atoms with Crippen LogP contribution in [-0.4, -0.2) is 0 Å². The van der Waals surface area contributed by atoms with Crippen LogP contribution < -0.4 is 0 Å². The van der Waals surface area contributed by atoms with Gasteiger partial charge < -0.3 is 0 Å². The van der Waals surface area contributed by atoms with Crippen LogP contribution in [0.25, 0.3) is 0 Å². The quantitative estimate of drug-likeness (QED) is 0.481. The first kappa shape index (κ1) is 16.0. The first-order valence-corrected chi connectivity index (χ1v) is 7.46. The molecular weight excluding hydrogens is 192 g/mol. The van der Waals surface area contributed by atoms with Crippen LogP contribution >= 0.6 is 0 Å². The number of rotatable bonds is 0. The highest BCUT2D eigenvalue weighted by molar-refractivity contribution is 4.97. The van der Waals surface area contributed by atoms with E-state index >= 15 is 0 Å². The van der Waals surface area contributed by atoms with E-state index in [-0.39, 0.29) is 0 Å². The maximum atomic E-state index is 2.50. The van der Waals surface area contributed by atoms with Crippen molar-refractivity contribution in [1.29, 1.82) is 0 Å². The van der Waals surface area contributed by atoms with Crippen LogP contribution in [0, 0.1) is 23.2 Å². The van der Waals surface area contributed by atoms with Gasteiger partial charge in [0.2, 0.25) is 0 Å². The zero-order valence-electron chi connectivity index (χ0n) is 12.8. The Balaban J connectivity index is 0.000000323. The van der Waals surface area contributed by atoms with E-state index in [4.69, 9.17) is 0 Å². The molecule has 0 amide bonds. The van der Waals surface area contributed by atoms with E-state index in [2.05, 4.69) is 34.6 Å². The highest BCUT2D eigenvalue weighted by atomic mass is 14.5. The largest absolute Gasteiger partial charge is 0.0683 e. The van der Waals surface area contributed by atoms with Gasteiger partial charge in [0.25, 0.3) is 0 Å². The Morgan fingerprint density at radius 2 is 1.50 bits per heavy atom. The zero-order chi connectivity index (χ0) is 12.8. The molecule has 2 saturated carbocycles. The van der Waals surface area contributed by atoms with Crippen molar-refractivity contribution in [2.45, 2.75) is 80.6 Å². The van der Waals surface area contributed by atoms with Gasteiger partial charge in [0.15, 0.2) is 0 Å². The summed E-state index contributed by atoms with van der Waals surface area (Å²) in [5.74, 6) is 2.97. The number of fused-ring (bicyclic) bond motifs is 1. The summed E-state index contributed by atoms with van der Waals surface area (Å²) < 4.78 is 0. The number of hydrogen-bond acceptors (Lipinski definition) is 0. The van der Waals surface area contributed by atoms with Gasteiger partial charge in [-0.1, -0.05) is 61.3 Å². The van der Waals surface area contributed by atoms with Crippen LogP contribution in [0.3, 0.4) is 0 Å². The Labute approximate surface area is 104 Å². The van der Waals surface area contributed by atoms with Crippen molar-refractivity contribution in [2.24, 2.45) is 23.2 Å². The molecule has 0 spiro atoms. The second kappa shape index (κ2) is 7.35. The molecule has 3 unspecified atom stereocenters. The summed E-state index contributed by atoms with van der Waals surface area (Å²) in [4.78, 5) is 0. The Hall–Kier alpha value is 0. The lowest BCUT2D eigenvalue weighted by Gasteiger charge is -2.54. The molecule has 0 N–H and O–H groups in total. The van der Waals surface area contributed by atoms with Gasteiger partial charge in [-0.2, -0.15) is 0 Å². The molecule has 16 heavy (non-hydrogen) atoms. The molecule has 0 bridgehead atoms. The lowest BCUT2D eigenvalue weighted by Crippen LogP contribution is -2.44. The third-order valence-corrected chi connectivity index (χ3v) is 4.02. The molecule has 98 valence electrons. The van der Waals surface area contributed by atoms with E-state index in [1.165, 1.54) is 32.1 Å². The van der Waals surface area contributed by atoms with Crippen molar-refractivity contribution < 1.29 is 0 Å². The van der Waals surface area contributed by atoms with E-state index in [1.807, 2.05) is 13.8 Å². The molecule has 0 saturated heterocycles. The van der Waals surface area contributed by atoms with Gasteiger partial charge in [-0.3, -0.25) is 0 Å². The summed E-state index contributed by atoms with van der Waals surface area (Å²) in [5.41, 5.74) is 0.789. The van der Waals surface area contributed by atoms with Crippen molar-refractivity contribution in [3.05, 3.63) is 0 Å². The van der Waals surface area contributed by atoms with Gasteiger partial charge in [0.1, 0.15) is 0 Å². The minimum absolute atomic E-state index is 0.789. The summed E-state index contributed by atoms with van der Waals surface area (Å²) >= 11 is 0. The Morgan fingerprint density at radius 1 is 1.00 bits per heavy atom. The summed E-state index contributed by atoms with van der Waals surface area (Å²) in [7, 11) is 0. The third-order valence-electron chi connectivity index (χ3n) is 4.02. The van der Waals surface area contributed by atoms with Crippen molar-refractivity contribution in [1.82, 2.24) is 0 Å². The molecule has 0 heterocycles. The predicted molar refractivity (Wildman–Crippen MR) is 75.7 cm³/mol. The van der Waals surface area contributed by atoms with Crippen molar-refractivity contribution in [2.75, 3.05) is 0 Å². The normalized spacial score (nSPS) is 36.0. The second-order valence-corrected chi connectivity index (χ2v) is 6.40. The molecule has 0 aliphatic heterocycles. The minimum Gasteiger partial charge on any atom is -0.0683 e. The smallest absolute Gasteiger partial charge is 0.0295 e. The molecule has 2 aliphatic rings. The predicted octanol–water partition coefficient (Wildman–Crippen LogP) is 5.91. The van der Waals surface area contributed by atoms with Crippen molar-refractivity contribution in [3.8, 4) is 0 Å². The topological polar surface area (TPSA) is 0 Å². The van der Waals surface area contributed by atoms with E-state index in [1.54, 1.807) is 0 Å². The maximum Gasteiger partial charge on any atom is -0.0295 e. The van der Waals surface area contributed by atoms with Crippen molar-refractivity contribution in [3.63, 3.8) is 0 Å². The Morgan fingerprint density at radius 3 is 1.75 bits per heavy atom. The maximum absolute atomic E-state index is 2.50. The fourth-order valence-corrected chi connectivity index (χ4v) is 3.11. The van der Waals surface area contributed by atoms with E-state index in [9.17, 15) is 0 Å². The fourth-order valence-electron chi connectivity index (χ4n) is 3.11. The third kappa shape index (κ3) is 4.47. The van der Waals surface area contributed by atoms with Crippen LogP contribution in [0.15, 0.2) is 0 Å². The molecule has 0 radical (unpaired) electrons. The summed E-state index contributed by atoms with van der Waals surface area (Å²) in [6.07, 6.45) is 7.55. The highest BCUT2D eigenvalue weighted by Crippen LogP contribution is 2.57. The summed E-state index contributed by atoms with van der Waals surface area (Å²) in [6.45, 7) is 15.4. The first-order chi connectivity index (χ1) is 7.46. The van der Waals surface area contributed by atoms with Gasteiger partial charge >= 0.3 is 0 Å². The number of hydrogen-bond donors (Lipinski definition) is 0. The van der Waals surface area contributed by atoms with Crippen LogP contribution in [0.5, 0.6) is 0 Å². The molecule has 0 heteroatoms. The molecule has 2 fully saturated rings. The van der Waals surface area contributed by atoms with Gasteiger partial charge in [-0.15, -0.1) is 0 Å². The van der Waals surface area contributed by atoms with Gasteiger partial charge in [-0.05, 0) is 42.4 Å².